The Morgan fingerprint density at radius 2 is 2.14 bits per heavy atom. The van der Waals surface area contributed by atoms with Crippen LogP contribution in [0.15, 0.2) is 12.3 Å². The van der Waals surface area contributed by atoms with Crippen LogP contribution in [0.4, 0.5) is 5.69 Å². The maximum Gasteiger partial charge on any atom is 0.342 e. The van der Waals surface area contributed by atoms with Crippen molar-refractivity contribution in [1.29, 1.82) is 0 Å². The molecule has 2 aromatic heterocycles. The van der Waals surface area contributed by atoms with Crippen molar-refractivity contribution in [3.05, 3.63) is 44.9 Å². The topological polar surface area (TPSA) is 111 Å². The highest BCUT2D eigenvalue weighted by molar-refractivity contribution is 5.92. The molecule has 8 nitrogen and oxygen atoms in total. The van der Waals surface area contributed by atoms with Gasteiger partial charge in [-0.3, -0.25) is 10.1 Å². The van der Waals surface area contributed by atoms with Gasteiger partial charge in [-0.25, -0.2) is 14.5 Å². The average molecular weight is 290 g/mol. The molecule has 21 heavy (non-hydrogen) atoms. The van der Waals surface area contributed by atoms with E-state index >= 15 is 0 Å². The van der Waals surface area contributed by atoms with Crippen molar-refractivity contribution in [1.82, 2.24) is 14.8 Å². The molecule has 2 rings (SSSR count). The quantitative estimate of drug-likeness (QED) is 0.681. The minimum atomic E-state index is -1.37. The predicted octanol–water partition coefficient (Wildman–Crippen LogP) is 2.05. The second-order valence-electron chi connectivity index (χ2n) is 4.54. The Balaban J connectivity index is 2.63. The largest absolute Gasteiger partial charge is 0.477 e. The smallest absolute Gasteiger partial charge is 0.342 e. The first-order chi connectivity index (χ1) is 9.86. The third kappa shape index (κ3) is 2.47. The van der Waals surface area contributed by atoms with E-state index in [1.54, 1.807) is 0 Å². The van der Waals surface area contributed by atoms with Gasteiger partial charge in [0.2, 0.25) is 0 Å². The number of hydrogen-bond donors (Lipinski definition) is 1. The molecule has 8 heteroatoms. The Bertz CT molecular complexity index is 736. The van der Waals surface area contributed by atoms with Crippen LogP contribution in [-0.2, 0) is 6.42 Å². The molecule has 0 atom stereocenters. The van der Waals surface area contributed by atoms with Crippen molar-refractivity contribution in [3.8, 4) is 5.82 Å². The first-order valence-electron chi connectivity index (χ1n) is 6.30. The van der Waals surface area contributed by atoms with Crippen LogP contribution >= 0.6 is 0 Å². The number of carboxylic acid groups (broad SMARTS) is 1. The number of aromatic carboxylic acids is 1. The Kier molecular flexibility index (Phi) is 3.70. The highest BCUT2D eigenvalue weighted by Gasteiger charge is 2.22. The number of aryl methyl sites for hydroxylation is 1. The third-order valence-electron chi connectivity index (χ3n) is 3.31. The Hall–Kier alpha value is -2.77. The molecule has 0 aliphatic rings. The lowest BCUT2D eigenvalue weighted by Crippen LogP contribution is -2.08. The molecule has 0 saturated heterocycles. The van der Waals surface area contributed by atoms with Crippen molar-refractivity contribution in [3.63, 3.8) is 0 Å². The molecule has 0 saturated carbocycles. The SMILES string of the molecule is CCc1c(C)nn(-c2cc(C(=O)O)c([N+](=O)[O-])cn2)c1C. The molecule has 0 aliphatic heterocycles. The van der Waals surface area contributed by atoms with E-state index in [4.69, 9.17) is 5.11 Å². The zero-order valence-corrected chi connectivity index (χ0v) is 11.8. The minimum Gasteiger partial charge on any atom is -0.477 e. The Morgan fingerprint density at radius 3 is 2.62 bits per heavy atom. The van der Waals surface area contributed by atoms with Crippen LogP contribution in [0.25, 0.3) is 5.82 Å². The summed E-state index contributed by atoms with van der Waals surface area (Å²) in [5.41, 5.74) is 1.77. The van der Waals surface area contributed by atoms with Gasteiger partial charge in [0, 0.05) is 11.8 Å². The number of carboxylic acids is 1. The highest BCUT2D eigenvalue weighted by atomic mass is 16.6. The van der Waals surface area contributed by atoms with E-state index in [0.29, 0.717) is 0 Å². The summed E-state index contributed by atoms with van der Waals surface area (Å²) in [7, 11) is 0. The van der Waals surface area contributed by atoms with E-state index in [0.717, 1.165) is 29.6 Å². The van der Waals surface area contributed by atoms with Crippen LogP contribution in [0.5, 0.6) is 0 Å². The summed E-state index contributed by atoms with van der Waals surface area (Å²) < 4.78 is 1.50. The lowest BCUT2D eigenvalue weighted by atomic mass is 10.1. The van der Waals surface area contributed by atoms with E-state index < -0.39 is 22.1 Å². The highest BCUT2D eigenvalue weighted by Crippen LogP contribution is 2.22. The third-order valence-corrected chi connectivity index (χ3v) is 3.31. The van der Waals surface area contributed by atoms with Gasteiger partial charge in [-0.15, -0.1) is 0 Å². The molecular weight excluding hydrogens is 276 g/mol. The summed E-state index contributed by atoms with van der Waals surface area (Å²) in [4.78, 5) is 25.2. The van der Waals surface area contributed by atoms with Gasteiger partial charge in [-0.05, 0) is 25.8 Å². The number of carbonyl (C=O) groups is 1. The maximum atomic E-state index is 11.2. The lowest BCUT2D eigenvalue weighted by Gasteiger charge is -2.05. The van der Waals surface area contributed by atoms with Gasteiger partial charge in [-0.1, -0.05) is 6.92 Å². The molecule has 0 amide bonds. The van der Waals surface area contributed by atoms with Gasteiger partial charge in [0.1, 0.15) is 11.8 Å². The minimum absolute atomic E-state index is 0.248. The summed E-state index contributed by atoms with van der Waals surface area (Å²) in [5, 5.41) is 24.2. The molecule has 0 aliphatic carbocycles. The zero-order valence-electron chi connectivity index (χ0n) is 11.8. The number of pyridine rings is 1. The van der Waals surface area contributed by atoms with Gasteiger partial charge in [0.25, 0.3) is 0 Å². The van der Waals surface area contributed by atoms with E-state index in [1.165, 1.54) is 10.7 Å². The van der Waals surface area contributed by atoms with E-state index in [-0.39, 0.29) is 5.82 Å². The average Bonchev–Trinajstić information content (AvgIpc) is 2.72. The Morgan fingerprint density at radius 1 is 1.48 bits per heavy atom. The van der Waals surface area contributed by atoms with Gasteiger partial charge >= 0.3 is 11.7 Å². The number of nitro groups is 1. The molecular formula is C13H14N4O4. The first kappa shape index (κ1) is 14.6. The van der Waals surface area contributed by atoms with Crippen LogP contribution < -0.4 is 0 Å². The number of nitrogens with zero attached hydrogens (tertiary/aromatic N) is 4. The van der Waals surface area contributed by atoms with Gasteiger partial charge < -0.3 is 5.11 Å². The van der Waals surface area contributed by atoms with Crippen molar-refractivity contribution in [2.45, 2.75) is 27.2 Å². The molecule has 2 aromatic rings. The molecule has 1 N–H and O–H groups in total. The van der Waals surface area contributed by atoms with Crippen LogP contribution in [0.1, 0.15) is 34.2 Å². The van der Waals surface area contributed by atoms with Crippen LogP contribution in [0.2, 0.25) is 0 Å². The van der Waals surface area contributed by atoms with Gasteiger partial charge in [0.15, 0.2) is 5.82 Å². The molecule has 0 bridgehead atoms. The molecule has 0 unspecified atom stereocenters. The fourth-order valence-corrected chi connectivity index (χ4v) is 2.28. The Labute approximate surface area is 120 Å². The van der Waals surface area contributed by atoms with Gasteiger partial charge in [0.05, 0.1) is 10.6 Å². The lowest BCUT2D eigenvalue weighted by molar-refractivity contribution is -0.385. The second-order valence-corrected chi connectivity index (χ2v) is 4.54. The van der Waals surface area contributed by atoms with E-state index in [2.05, 4.69) is 10.1 Å². The zero-order chi connectivity index (χ0) is 15.7. The standard InChI is InChI=1S/C13H14N4O4/c1-4-9-7(2)15-16(8(9)3)12-5-10(13(18)19)11(6-14-12)17(20)21/h5-6H,4H2,1-3H3,(H,18,19). The van der Waals surface area contributed by atoms with Crippen molar-refractivity contribution >= 4 is 11.7 Å². The molecule has 0 spiro atoms. The monoisotopic (exact) mass is 290 g/mol. The fraction of sp³-hybridized carbons (Fsp3) is 0.308. The maximum absolute atomic E-state index is 11.2. The van der Waals surface area contributed by atoms with Crippen molar-refractivity contribution in [2.75, 3.05) is 0 Å². The fourth-order valence-electron chi connectivity index (χ4n) is 2.28. The summed E-state index contributed by atoms with van der Waals surface area (Å²) in [5.74, 6) is -1.12. The van der Waals surface area contributed by atoms with E-state index in [9.17, 15) is 14.9 Å². The number of aromatic nitrogens is 3. The molecule has 2 heterocycles. The van der Waals surface area contributed by atoms with E-state index in [1.807, 2.05) is 20.8 Å². The van der Waals surface area contributed by atoms with Crippen LogP contribution in [-0.4, -0.2) is 30.8 Å². The molecule has 0 aromatic carbocycles. The van der Waals surface area contributed by atoms with Crippen LogP contribution in [0.3, 0.4) is 0 Å². The van der Waals surface area contributed by atoms with Crippen molar-refractivity contribution in [2.24, 2.45) is 0 Å². The summed E-state index contributed by atoms with van der Waals surface area (Å²) >= 11 is 0. The van der Waals surface area contributed by atoms with Crippen molar-refractivity contribution < 1.29 is 14.8 Å². The second kappa shape index (κ2) is 5.31. The molecule has 110 valence electrons. The summed E-state index contributed by atoms with van der Waals surface area (Å²) in [6, 6.07) is 1.17. The van der Waals surface area contributed by atoms with Crippen LogP contribution in [0, 0.1) is 24.0 Å². The number of rotatable bonds is 4. The first-order valence-corrected chi connectivity index (χ1v) is 6.30. The molecule has 0 radical (unpaired) electrons. The summed E-state index contributed by atoms with van der Waals surface area (Å²) in [6.45, 7) is 5.70. The molecule has 0 fully saturated rings. The predicted molar refractivity (Wildman–Crippen MR) is 73.8 cm³/mol. The normalized spacial score (nSPS) is 10.6. The number of hydrogen-bond acceptors (Lipinski definition) is 5. The van der Waals surface area contributed by atoms with Gasteiger partial charge in [-0.2, -0.15) is 5.10 Å². The summed E-state index contributed by atoms with van der Waals surface area (Å²) in [6.07, 6.45) is 1.73.